The second kappa shape index (κ2) is 7.58. The van der Waals surface area contributed by atoms with Crippen LogP contribution in [0.5, 0.6) is 0 Å². The highest BCUT2D eigenvalue weighted by atomic mass is 15.1. The van der Waals surface area contributed by atoms with Gasteiger partial charge in [0.2, 0.25) is 0 Å². The van der Waals surface area contributed by atoms with Crippen LogP contribution in [-0.2, 0) is 6.54 Å². The minimum Gasteiger partial charge on any atom is -0.327 e. The molecule has 2 saturated carbocycles. The van der Waals surface area contributed by atoms with Crippen LogP contribution in [0.25, 0.3) is 11.3 Å². The first-order valence-electron chi connectivity index (χ1n) is 11.0. The van der Waals surface area contributed by atoms with Gasteiger partial charge < -0.3 is 4.57 Å². The fourth-order valence-corrected chi connectivity index (χ4v) is 5.02. The van der Waals surface area contributed by atoms with Crippen LogP contribution < -0.4 is 0 Å². The highest BCUT2D eigenvalue weighted by molar-refractivity contribution is 5.63. The summed E-state index contributed by atoms with van der Waals surface area (Å²) < 4.78 is 2.59. The molecule has 0 unspecified atom stereocenters. The second-order valence-electron chi connectivity index (χ2n) is 8.78. The van der Waals surface area contributed by atoms with Gasteiger partial charge >= 0.3 is 0 Å². The average Bonchev–Trinajstić information content (AvgIpc) is 3.51. The zero-order chi connectivity index (χ0) is 18.9. The summed E-state index contributed by atoms with van der Waals surface area (Å²) in [5.41, 5.74) is 5.39. The van der Waals surface area contributed by atoms with Gasteiger partial charge in [-0.1, -0.05) is 60.7 Å². The summed E-state index contributed by atoms with van der Waals surface area (Å²) in [7, 11) is 0. The molecule has 2 heteroatoms. The number of imidazole rings is 1. The maximum absolute atomic E-state index is 5.15. The van der Waals surface area contributed by atoms with Crippen molar-refractivity contribution in [2.75, 3.05) is 0 Å². The van der Waals surface area contributed by atoms with Gasteiger partial charge in [-0.25, -0.2) is 4.98 Å². The minimum absolute atomic E-state index is 0.606. The van der Waals surface area contributed by atoms with Crippen LogP contribution in [0.15, 0.2) is 60.7 Å². The third-order valence-electron chi connectivity index (χ3n) is 6.72. The lowest BCUT2D eigenvalue weighted by Gasteiger charge is -2.29. The lowest BCUT2D eigenvalue weighted by molar-refractivity contribution is 0.374. The molecule has 2 nitrogen and oxygen atoms in total. The van der Waals surface area contributed by atoms with E-state index >= 15 is 0 Å². The van der Waals surface area contributed by atoms with Crippen molar-refractivity contribution in [2.24, 2.45) is 5.92 Å². The highest BCUT2D eigenvalue weighted by Crippen LogP contribution is 2.42. The predicted molar refractivity (Wildman–Crippen MR) is 116 cm³/mol. The molecule has 5 rings (SSSR count). The van der Waals surface area contributed by atoms with Crippen molar-refractivity contribution in [3.63, 3.8) is 0 Å². The molecule has 0 aliphatic heterocycles. The molecule has 0 atom stereocenters. The zero-order valence-electron chi connectivity index (χ0n) is 16.8. The van der Waals surface area contributed by atoms with Gasteiger partial charge in [-0.2, -0.15) is 0 Å². The third kappa shape index (κ3) is 3.53. The van der Waals surface area contributed by atoms with Crippen LogP contribution in [-0.4, -0.2) is 9.55 Å². The molecule has 28 heavy (non-hydrogen) atoms. The van der Waals surface area contributed by atoms with Gasteiger partial charge in [-0.15, -0.1) is 0 Å². The summed E-state index contributed by atoms with van der Waals surface area (Å²) >= 11 is 0. The van der Waals surface area contributed by atoms with Gasteiger partial charge in [0, 0.05) is 18.0 Å². The van der Waals surface area contributed by atoms with Crippen molar-refractivity contribution < 1.29 is 0 Å². The minimum atomic E-state index is 0.606. The maximum atomic E-state index is 5.15. The molecule has 0 bridgehead atoms. The van der Waals surface area contributed by atoms with Crippen molar-refractivity contribution in [1.82, 2.24) is 9.55 Å². The normalized spacial score (nSPS) is 22.3. The summed E-state index contributed by atoms with van der Waals surface area (Å²) in [5, 5.41) is 0. The quantitative estimate of drug-likeness (QED) is 0.488. The van der Waals surface area contributed by atoms with E-state index in [1.807, 2.05) is 0 Å². The molecule has 2 aromatic carbocycles. The molecule has 2 aliphatic carbocycles. The van der Waals surface area contributed by atoms with E-state index in [0.717, 1.165) is 18.4 Å². The third-order valence-corrected chi connectivity index (χ3v) is 6.72. The Morgan fingerprint density at radius 1 is 0.786 bits per heavy atom. The summed E-state index contributed by atoms with van der Waals surface area (Å²) in [6.45, 7) is 3.35. The highest BCUT2D eigenvalue weighted by Gasteiger charge is 2.31. The Bertz CT molecular complexity index is 914. The molecule has 2 aliphatic rings. The molecule has 0 amide bonds. The smallest absolute Gasteiger partial charge is 0.112 e. The summed E-state index contributed by atoms with van der Waals surface area (Å²) in [6.07, 6.45) is 7.84. The molecule has 144 valence electrons. The number of benzene rings is 2. The summed E-state index contributed by atoms with van der Waals surface area (Å²) in [4.78, 5) is 5.15. The Kier molecular flexibility index (Phi) is 4.80. The molecule has 2 fully saturated rings. The van der Waals surface area contributed by atoms with Gasteiger partial charge in [0.25, 0.3) is 0 Å². The van der Waals surface area contributed by atoms with E-state index in [1.165, 1.54) is 66.9 Å². The molecule has 1 aromatic heterocycles. The van der Waals surface area contributed by atoms with E-state index in [1.54, 1.807) is 0 Å². The van der Waals surface area contributed by atoms with Gasteiger partial charge in [0.05, 0.1) is 11.4 Å². The van der Waals surface area contributed by atoms with Crippen molar-refractivity contribution in [3.05, 3.63) is 77.7 Å². The second-order valence-corrected chi connectivity index (χ2v) is 8.78. The Hall–Kier alpha value is -2.35. The molecule has 1 heterocycles. The lowest BCUT2D eigenvalue weighted by atomic mass is 9.78. The first-order chi connectivity index (χ1) is 13.8. The van der Waals surface area contributed by atoms with Crippen molar-refractivity contribution in [1.29, 1.82) is 0 Å². The maximum Gasteiger partial charge on any atom is 0.112 e. The van der Waals surface area contributed by atoms with E-state index in [9.17, 15) is 0 Å². The van der Waals surface area contributed by atoms with Crippen LogP contribution >= 0.6 is 0 Å². The van der Waals surface area contributed by atoms with Crippen LogP contribution in [0.4, 0.5) is 0 Å². The largest absolute Gasteiger partial charge is 0.327 e. The number of hydrogen-bond donors (Lipinski definition) is 0. The van der Waals surface area contributed by atoms with Gasteiger partial charge in [-0.3, -0.25) is 0 Å². The molecule has 0 N–H and O–H groups in total. The number of hydrogen-bond acceptors (Lipinski definition) is 1. The molecular weight excluding hydrogens is 340 g/mol. The Morgan fingerprint density at radius 2 is 1.39 bits per heavy atom. The zero-order valence-corrected chi connectivity index (χ0v) is 16.8. The van der Waals surface area contributed by atoms with Crippen LogP contribution in [0.1, 0.15) is 67.4 Å². The van der Waals surface area contributed by atoms with Crippen LogP contribution in [0.3, 0.4) is 0 Å². The average molecular weight is 371 g/mol. The molecule has 0 spiro atoms. The summed E-state index contributed by atoms with van der Waals surface area (Å²) in [6, 6.07) is 22.0. The fraction of sp³-hybridized carbons (Fsp3) is 0.423. The Labute approximate surface area is 168 Å². The van der Waals surface area contributed by atoms with E-state index in [0.29, 0.717) is 5.92 Å². The molecule has 3 aromatic rings. The van der Waals surface area contributed by atoms with Crippen LogP contribution in [0, 0.1) is 12.8 Å². The Morgan fingerprint density at radius 3 is 2.04 bits per heavy atom. The van der Waals surface area contributed by atoms with Crippen LogP contribution in [0.2, 0.25) is 0 Å². The Balaban J connectivity index is 1.42. The first-order valence-corrected chi connectivity index (χ1v) is 11.0. The topological polar surface area (TPSA) is 17.8 Å². The lowest BCUT2D eigenvalue weighted by Crippen LogP contribution is -2.17. The standard InChI is InChI=1S/C26H30N2/c1-19-25(23-10-6-3-7-11-23)28(18-20-12-13-20)26(27-19)24-16-14-22(15-17-24)21-8-4-2-5-9-21/h2-11,20,22,24H,12-18H2,1H3. The van der Waals surface area contributed by atoms with Gasteiger partial charge in [-0.05, 0) is 62.8 Å². The van der Waals surface area contributed by atoms with Crippen molar-refractivity contribution in [2.45, 2.75) is 63.8 Å². The fourth-order valence-electron chi connectivity index (χ4n) is 5.02. The van der Waals surface area contributed by atoms with Crippen molar-refractivity contribution >= 4 is 0 Å². The SMILES string of the molecule is Cc1nc(C2CCC(c3ccccc3)CC2)n(CC2CC2)c1-c1ccccc1. The van der Waals surface area contributed by atoms with E-state index < -0.39 is 0 Å². The number of nitrogens with zero attached hydrogens (tertiary/aromatic N) is 2. The van der Waals surface area contributed by atoms with Gasteiger partial charge in [0.1, 0.15) is 5.82 Å². The van der Waals surface area contributed by atoms with E-state index in [4.69, 9.17) is 4.98 Å². The first kappa shape index (κ1) is 17.7. The number of rotatable bonds is 5. The van der Waals surface area contributed by atoms with E-state index in [-0.39, 0.29) is 0 Å². The number of aromatic nitrogens is 2. The monoisotopic (exact) mass is 370 g/mol. The molecule has 0 radical (unpaired) electrons. The van der Waals surface area contributed by atoms with Crippen molar-refractivity contribution in [3.8, 4) is 11.3 Å². The number of aryl methyl sites for hydroxylation is 1. The molecular formula is C26H30N2. The predicted octanol–water partition coefficient (Wildman–Crippen LogP) is 6.71. The molecule has 0 saturated heterocycles. The van der Waals surface area contributed by atoms with Gasteiger partial charge in [0.15, 0.2) is 0 Å². The van der Waals surface area contributed by atoms with E-state index in [2.05, 4.69) is 72.2 Å². The summed E-state index contributed by atoms with van der Waals surface area (Å²) in [5.74, 6) is 3.54.